The van der Waals surface area contributed by atoms with Crippen LogP contribution in [0, 0.1) is 0 Å². The maximum Gasteiger partial charge on any atom is 0.287 e. The van der Waals surface area contributed by atoms with Crippen molar-refractivity contribution < 1.29 is 17.6 Å². The van der Waals surface area contributed by atoms with E-state index in [1.54, 1.807) is 0 Å². The number of furan rings is 1. The first kappa shape index (κ1) is 18.5. The highest BCUT2D eigenvalue weighted by molar-refractivity contribution is 7.89. The highest BCUT2D eigenvalue weighted by Gasteiger charge is 2.19. The number of benzene rings is 1. The second-order valence-corrected chi connectivity index (χ2v) is 7.03. The molecule has 0 saturated carbocycles. The number of halogens is 1. The molecule has 9 heteroatoms. The van der Waals surface area contributed by atoms with Gasteiger partial charge in [0.15, 0.2) is 5.76 Å². The summed E-state index contributed by atoms with van der Waals surface area (Å²) in [4.78, 5) is 12.0. The van der Waals surface area contributed by atoms with E-state index < -0.39 is 15.9 Å². The Morgan fingerprint density at radius 1 is 1.21 bits per heavy atom. The number of hydrogen-bond acceptors (Lipinski definition) is 5. The van der Waals surface area contributed by atoms with Gasteiger partial charge in [-0.2, -0.15) is 0 Å². The van der Waals surface area contributed by atoms with Gasteiger partial charge in [0.1, 0.15) is 0 Å². The SMILES string of the molecule is CNS(=O)(=O)c1ccc(C(=O)NCc2ccc3c(c2)CNC3)o1.Cl. The average Bonchev–Trinajstić information content (AvgIpc) is 3.21. The van der Waals surface area contributed by atoms with Crippen LogP contribution in [0.3, 0.4) is 0 Å². The number of fused-ring (bicyclic) bond motifs is 1. The summed E-state index contributed by atoms with van der Waals surface area (Å²) in [7, 11) is -2.41. The van der Waals surface area contributed by atoms with Crippen LogP contribution in [-0.4, -0.2) is 21.4 Å². The predicted molar refractivity (Wildman–Crippen MR) is 90.4 cm³/mol. The van der Waals surface area contributed by atoms with Crippen LogP contribution in [0.25, 0.3) is 0 Å². The molecule has 0 aliphatic carbocycles. The van der Waals surface area contributed by atoms with Gasteiger partial charge in [-0.1, -0.05) is 18.2 Å². The number of nitrogens with one attached hydrogen (secondary N) is 3. The van der Waals surface area contributed by atoms with Gasteiger partial charge in [0, 0.05) is 19.6 Å². The van der Waals surface area contributed by atoms with Crippen molar-refractivity contribution in [3.8, 4) is 0 Å². The Morgan fingerprint density at radius 3 is 2.71 bits per heavy atom. The molecule has 0 radical (unpaired) electrons. The van der Waals surface area contributed by atoms with E-state index in [1.165, 1.54) is 30.3 Å². The second-order valence-electron chi connectivity index (χ2n) is 5.22. The first-order valence-corrected chi connectivity index (χ1v) is 8.61. The lowest BCUT2D eigenvalue weighted by atomic mass is 10.1. The van der Waals surface area contributed by atoms with Gasteiger partial charge in [0.05, 0.1) is 0 Å². The van der Waals surface area contributed by atoms with Crippen LogP contribution in [0.2, 0.25) is 0 Å². The lowest BCUT2D eigenvalue weighted by Crippen LogP contribution is -2.22. The van der Waals surface area contributed by atoms with Gasteiger partial charge < -0.3 is 15.1 Å². The molecule has 1 aromatic carbocycles. The molecule has 1 aliphatic rings. The molecule has 2 heterocycles. The summed E-state index contributed by atoms with van der Waals surface area (Å²) in [5, 5.41) is 5.70. The molecule has 0 saturated heterocycles. The van der Waals surface area contributed by atoms with Crippen LogP contribution in [0.1, 0.15) is 27.2 Å². The third-order valence-corrected chi connectivity index (χ3v) is 4.98. The fraction of sp³-hybridized carbons (Fsp3) is 0.267. The maximum atomic E-state index is 12.0. The highest BCUT2D eigenvalue weighted by Crippen LogP contribution is 2.17. The molecule has 0 spiro atoms. The monoisotopic (exact) mass is 371 g/mol. The zero-order valence-electron chi connectivity index (χ0n) is 13.0. The summed E-state index contributed by atoms with van der Waals surface area (Å²) < 4.78 is 30.4. The quantitative estimate of drug-likeness (QED) is 0.731. The molecule has 0 fully saturated rings. The van der Waals surface area contributed by atoms with Crippen LogP contribution >= 0.6 is 12.4 Å². The molecular formula is C15H18ClN3O4S. The molecule has 2 aromatic rings. The van der Waals surface area contributed by atoms with Crippen molar-refractivity contribution in [2.24, 2.45) is 0 Å². The van der Waals surface area contributed by atoms with Crippen LogP contribution in [0.15, 0.2) is 39.8 Å². The average molecular weight is 372 g/mol. The Labute approximate surface area is 146 Å². The van der Waals surface area contributed by atoms with E-state index in [4.69, 9.17) is 4.42 Å². The van der Waals surface area contributed by atoms with E-state index in [2.05, 4.69) is 21.4 Å². The molecule has 1 amide bonds. The summed E-state index contributed by atoms with van der Waals surface area (Å²) in [5.41, 5.74) is 3.49. The van der Waals surface area contributed by atoms with Crippen molar-refractivity contribution in [3.05, 3.63) is 52.8 Å². The maximum absolute atomic E-state index is 12.0. The molecule has 0 atom stereocenters. The molecule has 3 N–H and O–H groups in total. The number of rotatable bonds is 5. The Kier molecular flexibility index (Phi) is 5.66. The smallest absolute Gasteiger partial charge is 0.287 e. The predicted octanol–water partition coefficient (Wildman–Crippen LogP) is 1.14. The number of sulfonamides is 1. The molecule has 7 nitrogen and oxygen atoms in total. The molecular weight excluding hydrogens is 354 g/mol. The van der Waals surface area contributed by atoms with Gasteiger partial charge in [-0.25, -0.2) is 13.1 Å². The van der Waals surface area contributed by atoms with E-state index in [1.807, 2.05) is 12.1 Å². The largest absolute Gasteiger partial charge is 0.438 e. The van der Waals surface area contributed by atoms with Crippen molar-refractivity contribution in [2.75, 3.05) is 7.05 Å². The number of carbonyl (C=O) groups is 1. The first-order chi connectivity index (χ1) is 11.0. The fourth-order valence-corrected chi connectivity index (χ4v) is 3.06. The molecule has 1 aromatic heterocycles. The summed E-state index contributed by atoms with van der Waals surface area (Å²) in [5.74, 6) is -0.497. The molecule has 0 unspecified atom stereocenters. The minimum Gasteiger partial charge on any atom is -0.438 e. The molecule has 0 bridgehead atoms. The van der Waals surface area contributed by atoms with Gasteiger partial charge in [-0.15, -0.1) is 12.4 Å². The molecule has 3 rings (SSSR count). The Balaban J connectivity index is 0.00000208. The zero-order valence-corrected chi connectivity index (χ0v) is 14.6. The van der Waals surface area contributed by atoms with E-state index in [9.17, 15) is 13.2 Å². The topological polar surface area (TPSA) is 100 Å². The van der Waals surface area contributed by atoms with Crippen molar-refractivity contribution in [1.29, 1.82) is 0 Å². The van der Waals surface area contributed by atoms with Crippen molar-refractivity contribution >= 4 is 28.3 Å². The van der Waals surface area contributed by atoms with Crippen molar-refractivity contribution in [3.63, 3.8) is 0 Å². The van der Waals surface area contributed by atoms with E-state index in [0.29, 0.717) is 6.54 Å². The van der Waals surface area contributed by atoms with Crippen LogP contribution in [0.5, 0.6) is 0 Å². The third-order valence-electron chi connectivity index (χ3n) is 3.69. The van der Waals surface area contributed by atoms with E-state index >= 15 is 0 Å². The van der Waals surface area contributed by atoms with E-state index in [0.717, 1.165) is 18.7 Å². The molecule has 24 heavy (non-hydrogen) atoms. The Morgan fingerprint density at radius 2 is 1.96 bits per heavy atom. The van der Waals surface area contributed by atoms with Gasteiger partial charge >= 0.3 is 0 Å². The van der Waals surface area contributed by atoms with Crippen LogP contribution in [-0.2, 0) is 29.7 Å². The number of amides is 1. The lowest BCUT2D eigenvalue weighted by Gasteiger charge is -2.06. The van der Waals surface area contributed by atoms with Crippen LogP contribution in [0.4, 0.5) is 0 Å². The summed E-state index contributed by atoms with van der Waals surface area (Å²) in [6.45, 7) is 2.05. The third kappa shape index (κ3) is 3.78. The highest BCUT2D eigenvalue weighted by atomic mass is 35.5. The summed E-state index contributed by atoms with van der Waals surface area (Å²) >= 11 is 0. The van der Waals surface area contributed by atoms with Crippen molar-refractivity contribution in [2.45, 2.75) is 24.7 Å². The molecule has 1 aliphatic heterocycles. The minimum absolute atomic E-state index is 0. The van der Waals surface area contributed by atoms with Gasteiger partial charge in [-0.3, -0.25) is 4.79 Å². The van der Waals surface area contributed by atoms with E-state index in [-0.39, 0.29) is 23.3 Å². The normalized spacial score (nSPS) is 13.2. The Hall–Kier alpha value is -1.87. The van der Waals surface area contributed by atoms with Gasteiger partial charge in [0.25, 0.3) is 15.9 Å². The summed E-state index contributed by atoms with van der Waals surface area (Å²) in [6, 6.07) is 8.65. The lowest BCUT2D eigenvalue weighted by molar-refractivity contribution is 0.0918. The minimum atomic E-state index is -3.69. The molecule has 130 valence electrons. The first-order valence-electron chi connectivity index (χ1n) is 7.12. The van der Waals surface area contributed by atoms with Gasteiger partial charge in [-0.05, 0) is 35.9 Å². The summed E-state index contributed by atoms with van der Waals surface area (Å²) in [6.07, 6.45) is 0. The Bertz CT molecular complexity index is 848. The number of hydrogen-bond donors (Lipinski definition) is 3. The standard InChI is InChI=1S/C15H17N3O4S.ClH/c1-16-23(20,21)14-5-4-13(22-14)15(19)18-7-10-2-3-11-8-17-9-12(11)6-10;/h2-6,16-17H,7-9H2,1H3,(H,18,19);1H. The zero-order chi connectivity index (χ0) is 16.4. The second kappa shape index (κ2) is 7.35. The van der Waals surface area contributed by atoms with Gasteiger partial charge in [0.2, 0.25) is 5.09 Å². The number of carbonyl (C=O) groups excluding carboxylic acids is 1. The van der Waals surface area contributed by atoms with Crippen LogP contribution < -0.4 is 15.4 Å². The van der Waals surface area contributed by atoms with Crippen molar-refractivity contribution in [1.82, 2.24) is 15.4 Å². The fourth-order valence-electron chi connectivity index (χ4n) is 2.41.